The summed E-state index contributed by atoms with van der Waals surface area (Å²) in [5.41, 5.74) is -0.463. The number of likely N-dealkylation sites (tertiary alicyclic amines) is 1. The van der Waals surface area contributed by atoms with Crippen LogP contribution in [0, 0.1) is 5.92 Å². The molecular formula is C17H34N2O3. The average molecular weight is 314 g/mol. The highest BCUT2D eigenvalue weighted by atomic mass is 16.6. The predicted octanol–water partition coefficient (Wildman–Crippen LogP) is 3.04. The number of hydrogen-bond acceptors (Lipinski definition) is 4. The van der Waals surface area contributed by atoms with Crippen LogP contribution in [-0.4, -0.2) is 55.0 Å². The minimum absolute atomic E-state index is 0.0222. The molecule has 2 unspecified atom stereocenters. The lowest BCUT2D eigenvalue weighted by Gasteiger charge is -2.25. The zero-order valence-corrected chi connectivity index (χ0v) is 15.3. The maximum absolute atomic E-state index is 12.2. The number of amides is 1. The molecule has 0 aromatic rings. The second-order valence-electron chi connectivity index (χ2n) is 7.80. The third-order valence-electron chi connectivity index (χ3n) is 3.90. The van der Waals surface area contributed by atoms with Crippen molar-refractivity contribution in [3.63, 3.8) is 0 Å². The van der Waals surface area contributed by atoms with Crippen molar-refractivity contribution in [3.8, 4) is 0 Å². The Morgan fingerprint density at radius 1 is 1.23 bits per heavy atom. The normalized spacial score (nSPS) is 23.9. The van der Waals surface area contributed by atoms with Gasteiger partial charge in [-0.25, -0.2) is 4.79 Å². The molecule has 0 spiro atoms. The van der Waals surface area contributed by atoms with Crippen molar-refractivity contribution in [3.05, 3.63) is 0 Å². The number of nitrogens with zero attached hydrogens (tertiary/aromatic N) is 1. The highest BCUT2D eigenvalue weighted by Gasteiger charge is 2.37. The SMILES string of the molecule is CO[C@H]1CN(C(=O)OC(C)(C)C)CC1NC(C)CCC(C)C. The first-order valence-corrected chi connectivity index (χ1v) is 8.39. The molecular weight excluding hydrogens is 280 g/mol. The summed E-state index contributed by atoms with van der Waals surface area (Å²) in [7, 11) is 1.71. The first kappa shape index (κ1) is 19.2. The van der Waals surface area contributed by atoms with Crippen LogP contribution in [0.3, 0.4) is 0 Å². The van der Waals surface area contributed by atoms with Crippen molar-refractivity contribution in [2.24, 2.45) is 5.92 Å². The van der Waals surface area contributed by atoms with Crippen molar-refractivity contribution in [2.45, 2.75) is 78.2 Å². The van der Waals surface area contributed by atoms with Crippen LogP contribution in [0.5, 0.6) is 0 Å². The lowest BCUT2D eigenvalue weighted by atomic mass is 10.0. The van der Waals surface area contributed by atoms with Gasteiger partial charge in [0.1, 0.15) is 5.60 Å². The molecule has 5 heteroatoms. The molecule has 1 fully saturated rings. The Morgan fingerprint density at radius 3 is 2.36 bits per heavy atom. The van der Waals surface area contributed by atoms with Gasteiger partial charge in [0.05, 0.1) is 18.7 Å². The monoisotopic (exact) mass is 314 g/mol. The van der Waals surface area contributed by atoms with Gasteiger partial charge in [-0.3, -0.25) is 0 Å². The van der Waals surface area contributed by atoms with Crippen molar-refractivity contribution < 1.29 is 14.3 Å². The number of carbonyl (C=O) groups excluding carboxylic acids is 1. The predicted molar refractivity (Wildman–Crippen MR) is 89.1 cm³/mol. The zero-order chi connectivity index (χ0) is 16.9. The van der Waals surface area contributed by atoms with E-state index >= 15 is 0 Å². The molecule has 0 bridgehead atoms. The van der Waals surface area contributed by atoms with E-state index in [2.05, 4.69) is 26.1 Å². The molecule has 1 N–H and O–H groups in total. The van der Waals surface area contributed by atoms with E-state index in [1.165, 1.54) is 6.42 Å². The van der Waals surface area contributed by atoms with Gasteiger partial charge in [0.15, 0.2) is 0 Å². The molecule has 0 saturated carbocycles. The summed E-state index contributed by atoms with van der Waals surface area (Å²) in [6, 6.07) is 0.586. The van der Waals surface area contributed by atoms with Crippen LogP contribution in [0.4, 0.5) is 4.79 Å². The number of rotatable bonds is 6. The zero-order valence-electron chi connectivity index (χ0n) is 15.3. The maximum Gasteiger partial charge on any atom is 0.410 e. The number of nitrogens with one attached hydrogen (secondary N) is 1. The van der Waals surface area contributed by atoms with Gasteiger partial charge < -0.3 is 19.7 Å². The van der Waals surface area contributed by atoms with Crippen LogP contribution in [0.15, 0.2) is 0 Å². The fourth-order valence-electron chi connectivity index (χ4n) is 2.68. The Labute approximate surface area is 135 Å². The van der Waals surface area contributed by atoms with E-state index in [1.807, 2.05) is 20.8 Å². The lowest BCUT2D eigenvalue weighted by molar-refractivity contribution is 0.0252. The largest absolute Gasteiger partial charge is 0.444 e. The molecule has 0 aromatic heterocycles. The molecule has 1 aliphatic rings. The fraction of sp³-hybridized carbons (Fsp3) is 0.941. The molecule has 0 aliphatic carbocycles. The van der Waals surface area contributed by atoms with Crippen molar-refractivity contribution in [1.82, 2.24) is 10.2 Å². The molecule has 130 valence electrons. The number of hydrogen-bond donors (Lipinski definition) is 1. The quantitative estimate of drug-likeness (QED) is 0.819. The van der Waals surface area contributed by atoms with E-state index in [0.717, 1.165) is 6.42 Å². The van der Waals surface area contributed by atoms with Crippen LogP contribution in [0.1, 0.15) is 54.4 Å². The summed E-state index contributed by atoms with van der Waals surface area (Å²) >= 11 is 0. The Bertz CT molecular complexity index is 352. The summed E-state index contributed by atoms with van der Waals surface area (Å²) < 4.78 is 11.0. The minimum atomic E-state index is -0.463. The third kappa shape index (κ3) is 6.53. The van der Waals surface area contributed by atoms with Gasteiger partial charge in [0, 0.05) is 19.7 Å². The van der Waals surface area contributed by atoms with Gasteiger partial charge in [-0.15, -0.1) is 0 Å². The van der Waals surface area contributed by atoms with E-state index in [9.17, 15) is 4.79 Å². The average Bonchev–Trinajstić information content (AvgIpc) is 2.77. The summed E-state index contributed by atoms with van der Waals surface area (Å²) in [5, 5.41) is 3.61. The van der Waals surface area contributed by atoms with Crippen LogP contribution in [0.2, 0.25) is 0 Å². The van der Waals surface area contributed by atoms with Gasteiger partial charge in [0.25, 0.3) is 0 Å². The van der Waals surface area contributed by atoms with E-state index in [0.29, 0.717) is 25.0 Å². The molecule has 1 rings (SSSR count). The maximum atomic E-state index is 12.2. The van der Waals surface area contributed by atoms with Crippen molar-refractivity contribution in [2.75, 3.05) is 20.2 Å². The number of methoxy groups -OCH3 is 1. The second-order valence-corrected chi connectivity index (χ2v) is 7.80. The molecule has 1 amide bonds. The first-order chi connectivity index (χ1) is 10.1. The smallest absolute Gasteiger partial charge is 0.410 e. The van der Waals surface area contributed by atoms with Gasteiger partial charge in [0.2, 0.25) is 0 Å². The fourth-order valence-corrected chi connectivity index (χ4v) is 2.68. The first-order valence-electron chi connectivity index (χ1n) is 8.39. The Balaban J connectivity index is 2.52. The third-order valence-corrected chi connectivity index (χ3v) is 3.90. The van der Waals surface area contributed by atoms with Crippen molar-refractivity contribution in [1.29, 1.82) is 0 Å². The molecule has 0 radical (unpaired) electrons. The molecule has 0 aromatic carbocycles. The summed E-state index contributed by atoms with van der Waals surface area (Å²) in [5.74, 6) is 0.712. The second kappa shape index (κ2) is 8.16. The van der Waals surface area contributed by atoms with E-state index < -0.39 is 5.60 Å². The summed E-state index contributed by atoms with van der Waals surface area (Å²) in [6.45, 7) is 13.6. The highest BCUT2D eigenvalue weighted by Crippen LogP contribution is 2.18. The van der Waals surface area contributed by atoms with Gasteiger partial charge in [-0.05, 0) is 46.5 Å². The lowest BCUT2D eigenvalue weighted by Crippen LogP contribution is -2.45. The number of carbonyl (C=O) groups is 1. The van der Waals surface area contributed by atoms with Gasteiger partial charge >= 0.3 is 6.09 Å². The Hall–Kier alpha value is -0.810. The van der Waals surface area contributed by atoms with E-state index in [4.69, 9.17) is 9.47 Å². The van der Waals surface area contributed by atoms with Gasteiger partial charge in [-0.2, -0.15) is 0 Å². The molecule has 1 aliphatic heterocycles. The van der Waals surface area contributed by atoms with Crippen LogP contribution in [0.25, 0.3) is 0 Å². The molecule has 5 nitrogen and oxygen atoms in total. The minimum Gasteiger partial charge on any atom is -0.444 e. The molecule has 1 heterocycles. The Morgan fingerprint density at radius 2 is 1.86 bits per heavy atom. The molecule has 1 saturated heterocycles. The standard InChI is InChI=1S/C17H34N2O3/c1-12(2)8-9-13(3)18-14-10-19(11-15(14)21-7)16(20)22-17(4,5)6/h12-15,18H,8-11H2,1-7H3/t13?,14?,15-/m0/s1. The van der Waals surface area contributed by atoms with Crippen LogP contribution < -0.4 is 5.32 Å². The molecule has 3 atom stereocenters. The van der Waals surface area contributed by atoms with Crippen LogP contribution >= 0.6 is 0 Å². The number of ether oxygens (including phenoxy) is 2. The molecule has 22 heavy (non-hydrogen) atoms. The van der Waals surface area contributed by atoms with Crippen molar-refractivity contribution >= 4 is 6.09 Å². The van der Waals surface area contributed by atoms with E-state index in [1.54, 1.807) is 12.0 Å². The Kier molecular flexibility index (Phi) is 7.13. The van der Waals surface area contributed by atoms with Gasteiger partial charge in [-0.1, -0.05) is 13.8 Å². The summed E-state index contributed by atoms with van der Waals surface area (Å²) in [6.07, 6.45) is 2.11. The van der Waals surface area contributed by atoms with Crippen LogP contribution in [-0.2, 0) is 9.47 Å². The summed E-state index contributed by atoms with van der Waals surface area (Å²) in [4.78, 5) is 13.9. The van der Waals surface area contributed by atoms with E-state index in [-0.39, 0.29) is 18.2 Å². The topological polar surface area (TPSA) is 50.8 Å². The highest BCUT2D eigenvalue weighted by molar-refractivity contribution is 5.68.